The molecular weight excluding hydrogens is 388 g/mol. The number of halogens is 3. The van der Waals surface area contributed by atoms with Gasteiger partial charge in [0.15, 0.2) is 0 Å². The van der Waals surface area contributed by atoms with Gasteiger partial charge in [-0.2, -0.15) is 0 Å². The van der Waals surface area contributed by atoms with Crippen LogP contribution in [-0.4, -0.2) is 41.9 Å². The summed E-state index contributed by atoms with van der Waals surface area (Å²) in [6, 6.07) is 11.5. The average Bonchev–Trinajstić information content (AvgIpc) is 2.90. The Morgan fingerprint density at radius 3 is 2.41 bits per heavy atom. The molecule has 3 rings (SSSR count). The predicted octanol–water partition coefficient (Wildman–Crippen LogP) is 4.14. The molecule has 2 aromatic carbocycles. The van der Waals surface area contributed by atoms with Crippen LogP contribution < -0.4 is 5.73 Å². The first-order valence-electron chi connectivity index (χ1n) is 8.74. The van der Waals surface area contributed by atoms with E-state index in [1.807, 2.05) is 29.2 Å². The molecule has 1 heterocycles. The van der Waals surface area contributed by atoms with E-state index in [0.717, 1.165) is 25.2 Å². The minimum absolute atomic E-state index is 0. The Kier molecular flexibility index (Phi) is 8.54. The number of hydrogen-bond donors (Lipinski definition) is 1. The number of rotatable bonds is 6. The molecule has 7 heteroatoms. The monoisotopic (exact) mass is 413 g/mol. The lowest BCUT2D eigenvalue weighted by Crippen LogP contribution is -2.37. The van der Waals surface area contributed by atoms with Gasteiger partial charge >= 0.3 is 0 Å². The van der Waals surface area contributed by atoms with Crippen LogP contribution in [0.25, 0.3) is 0 Å². The Bertz CT molecular complexity index is 784. The maximum atomic E-state index is 13.9. The minimum Gasteiger partial charge on any atom is -0.398 e. The molecule has 0 aliphatic carbocycles. The number of anilines is 1. The van der Waals surface area contributed by atoms with E-state index in [1.165, 1.54) is 12.1 Å². The fourth-order valence-corrected chi connectivity index (χ4v) is 3.51. The average molecular weight is 414 g/mol. The summed E-state index contributed by atoms with van der Waals surface area (Å²) in [6.07, 6.45) is 0. The number of nitrogens with zero attached hydrogens (tertiary/aromatic N) is 2. The molecule has 0 radical (unpaired) electrons. The number of carbonyl (C=O) groups excluding carboxylic acids is 1. The largest absolute Gasteiger partial charge is 0.398 e. The molecule has 0 saturated heterocycles. The highest BCUT2D eigenvalue weighted by molar-refractivity contribution is 6.00. The summed E-state index contributed by atoms with van der Waals surface area (Å²) >= 11 is 0. The second-order valence-electron chi connectivity index (χ2n) is 6.29. The fraction of sp³-hybridized carbons (Fsp3) is 0.350. The topological polar surface area (TPSA) is 49.6 Å². The van der Waals surface area contributed by atoms with Crippen molar-refractivity contribution in [3.05, 3.63) is 65.0 Å². The maximum Gasteiger partial charge on any atom is 0.255 e. The standard InChI is InChI=1S/C20H24FN3O.2ClH/c1-3-23(4-2)11-12-24-19(17-13-14(21)9-10-18(17)22)15-7-5-6-8-16(15)20(24)25;;/h5-10,13,19H,3-4,11-12,22H2,1-2H3;2*1H. The van der Waals surface area contributed by atoms with Gasteiger partial charge in [-0.3, -0.25) is 4.79 Å². The fourth-order valence-electron chi connectivity index (χ4n) is 3.51. The summed E-state index contributed by atoms with van der Waals surface area (Å²) < 4.78 is 13.9. The molecule has 4 nitrogen and oxygen atoms in total. The molecule has 0 fully saturated rings. The molecule has 1 aliphatic rings. The van der Waals surface area contributed by atoms with Crippen LogP contribution >= 0.6 is 24.8 Å². The molecule has 2 aromatic rings. The SMILES string of the molecule is CCN(CC)CCN1C(=O)c2ccccc2C1c1cc(F)ccc1N.Cl.Cl. The van der Waals surface area contributed by atoms with Crippen molar-refractivity contribution in [2.45, 2.75) is 19.9 Å². The van der Waals surface area contributed by atoms with E-state index in [1.54, 1.807) is 6.07 Å². The summed E-state index contributed by atoms with van der Waals surface area (Å²) in [4.78, 5) is 17.0. The van der Waals surface area contributed by atoms with Crippen LogP contribution in [0.2, 0.25) is 0 Å². The lowest BCUT2D eigenvalue weighted by molar-refractivity contribution is 0.0729. The van der Waals surface area contributed by atoms with E-state index >= 15 is 0 Å². The number of likely N-dealkylation sites (N-methyl/N-ethyl adjacent to an activating group) is 1. The van der Waals surface area contributed by atoms with E-state index in [0.29, 0.717) is 23.4 Å². The van der Waals surface area contributed by atoms with Crippen molar-refractivity contribution in [2.24, 2.45) is 0 Å². The molecule has 0 spiro atoms. The molecule has 2 N–H and O–H groups in total. The molecule has 27 heavy (non-hydrogen) atoms. The first-order valence-corrected chi connectivity index (χ1v) is 8.74. The van der Waals surface area contributed by atoms with Gasteiger partial charge in [-0.1, -0.05) is 32.0 Å². The Morgan fingerprint density at radius 2 is 1.74 bits per heavy atom. The van der Waals surface area contributed by atoms with Crippen LogP contribution in [0.15, 0.2) is 42.5 Å². The lowest BCUT2D eigenvalue weighted by Gasteiger charge is -2.29. The smallest absolute Gasteiger partial charge is 0.255 e. The van der Waals surface area contributed by atoms with Gasteiger partial charge in [0.05, 0.1) is 6.04 Å². The van der Waals surface area contributed by atoms with E-state index < -0.39 is 0 Å². The number of amides is 1. The molecular formula is C20H26Cl2FN3O. The second-order valence-corrected chi connectivity index (χ2v) is 6.29. The summed E-state index contributed by atoms with van der Waals surface area (Å²) in [5.41, 5.74) is 8.85. The van der Waals surface area contributed by atoms with E-state index in [4.69, 9.17) is 5.73 Å². The Balaban J connectivity index is 0.00000182. The summed E-state index contributed by atoms with van der Waals surface area (Å²) in [6.45, 7) is 7.42. The van der Waals surface area contributed by atoms with Gasteiger partial charge in [-0.05, 0) is 42.9 Å². The van der Waals surface area contributed by atoms with E-state index in [2.05, 4.69) is 18.7 Å². The first kappa shape index (κ1) is 23.2. The molecule has 1 amide bonds. The highest BCUT2D eigenvalue weighted by Crippen LogP contribution is 2.40. The highest BCUT2D eigenvalue weighted by Gasteiger charge is 2.38. The third-order valence-electron chi connectivity index (χ3n) is 4.95. The first-order chi connectivity index (χ1) is 12.1. The zero-order chi connectivity index (χ0) is 18.0. The number of carbonyl (C=O) groups is 1. The van der Waals surface area contributed by atoms with Crippen molar-refractivity contribution in [3.8, 4) is 0 Å². The summed E-state index contributed by atoms with van der Waals surface area (Å²) in [5.74, 6) is -0.360. The van der Waals surface area contributed by atoms with Crippen LogP contribution in [0.1, 0.15) is 41.4 Å². The van der Waals surface area contributed by atoms with Crippen LogP contribution in [0.5, 0.6) is 0 Å². The number of nitrogen functional groups attached to an aromatic ring is 1. The van der Waals surface area contributed by atoms with Crippen molar-refractivity contribution in [3.63, 3.8) is 0 Å². The van der Waals surface area contributed by atoms with Crippen molar-refractivity contribution in [1.29, 1.82) is 0 Å². The van der Waals surface area contributed by atoms with E-state index in [9.17, 15) is 9.18 Å². The van der Waals surface area contributed by atoms with E-state index in [-0.39, 0.29) is 42.6 Å². The zero-order valence-electron chi connectivity index (χ0n) is 15.5. The van der Waals surface area contributed by atoms with Crippen molar-refractivity contribution < 1.29 is 9.18 Å². The van der Waals surface area contributed by atoms with Gasteiger partial charge < -0.3 is 15.5 Å². The molecule has 0 saturated carbocycles. The quantitative estimate of drug-likeness (QED) is 0.723. The summed E-state index contributed by atoms with van der Waals surface area (Å²) in [5, 5.41) is 0. The number of benzene rings is 2. The zero-order valence-corrected chi connectivity index (χ0v) is 17.2. The van der Waals surface area contributed by atoms with Crippen LogP contribution in [-0.2, 0) is 0 Å². The number of hydrogen-bond acceptors (Lipinski definition) is 3. The predicted molar refractivity (Wildman–Crippen MR) is 112 cm³/mol. The molecule has 1 aliphatic heterocycles. The number of fused-ring (bicyclic) bond motifs is 1. The maximum absolute atomic E-state index is 13.9. The lowest BCUT2D eigenvalue weighted by atomic mass is 9.96. The van der Waals surface area contributed by atoms with Gasteiger partial charge in [0.25, 0.3) is 5.91 Å². The number of nitrogens with two attached hydrogens (primary N) is 1. The third-order valence-corrected chi connectivity index (χ3v) is 4.95. The Morgan fingerprint density at radius 1 is 1.07 bits per heavy atom. The molecule has 1 atom stereocenters. The third kappa shape index (κ3) is 4.54. The highest BCUT2D eigenvalue weighted by atomic mass is 35.5. The van der Waals surface area contributed by atoms with Gasteiger partial charge in [-0.15, -0.1) is 24.8 Å². The normalized spacial score (nSPS) is 15.3. The van der Waals surface area contributed by atoms with Crippen LogP contribution in [0.4, 0.5) is 10.1 Å². The van der Waals surface area contributed by atoms with Gasteiger partial charge in [0.2, 0.25) is 0 Å². The van der Waals surface area contributed by atoms with Crippen LogP contribution in [0, 0.1) is 5.82 Å². The minimum atomic E-state index is -0.343. The van der Waals surface area contributed by atoms with Crippen molar-refractivity contribution >= 4 is 36.4 Å². The van der Waals surface area contributed by atoms with Crippen molar-refractivity contribution in [2.75, 3.05) is 31.9 Å². The van der Waals surface area contributed by atoms with Crippen LogP contribution in [0.3, 0.4) is 0 Å². The molecule has 0 bridgehead atoms. The molecule has 1 unspecified atom stereocenters. The van der Waals surface area contributed by atoms with Gasteiger partial charge in [0.1, 0.15) is 5.82 Å². The Hall–Kier alpha value is -1.82. The van der Waals surface area contributed by atoms with Gasteiger partial charge in [0, 0.05) is 29.9 Å². The second kappa shape index (κ2) is 9.93. The van der Waals surface area contributed by atoms with Gasteiger partial charge in [-0.25, -0.2) is 4.39 Å². The summed E-state index contributed by atoms with van der Waals surface area (Å²) in [7, 11) is 0. The Labute approximate surface area is 172 Å². The molecule has 0 aromatic heterocycles. The molecule has 148 valence electrons. The van der Waals surface area contributed by atoms with Crippen molar-refractivity contribution in [1.82, 2.24) is 9.80 Å².